The maximum atomic E-state index is 12.1. The van der Waals surface area contributed by atoms with Crippen LogP contribution in [0.1, 0.15) is 6.92 Å². The molecule has 0 aliphatic rings. The summed E-state index contributed by atoms with van der Waals surface area (Å²) in [4.78, 5) is 3.55. The van der Waals surface area contributed by atoms with Crippen LogP contribution in [0.25, 0.3) is 0 Å². The average molecular weight is 222 g/mol. The van der Waals surface area contributed by atoms with Crippen molar-refractivity contribution in [1.29, 1.82) is 0 Å². The van der Waals surface area contributed by atoms with Crippen molar-refractivity contribution in [2.24, 2.45) is 0 Å². The molecule has 0 aromatic carbocycles. The Balaban J connectivity index is 2.80. The van der Waals surface area contributed by atoms with Crippen LogP contribution in [0.5, 0.6) is 5.88 Å². The van der Waals surface area contributed by atoms with E-state index in [2.05, 4.69) is 9.72 Å². The van der Waals surface area contributed by atoms with Gasteiger partial charge >= 0.3 is 6.18 Å². The van der Waals surface area contributed by atoms with Gasteiger partial charge in [0.05, 0.1) is 0 Å². The Bertz CT molecular complexity index is 330. The number of hydrogen-bond donors (Lipinski definition) is 1. The van der Waals surface area contributed by atoms with E-state index in [1.807, 2.05) is 0 Å². The highest BCUT2D eigenvalue weighted by Gasteiger charge is 2.38. The maximum Gasteiger partial charge on any atom is 0.425 e. The van der Waals surface area contributed by atoms with Gasteiger partial charge in [-0.1, -0.05) is 0 Å². The third kappa shape index (κ3) is 3.07. The zero-order valence-electron chi connectivity index (χ0n) is 7.78. The van der Waals surface area contributed by atoms with Gasteiger partial charge in [0.15, 0.2) is 11.8 Å². The molecule has 1 aromatic heterocycles. The first-order chi connectivity index (χ1) is 6.95. The summed E-state index contributed by atoms with van der Waals surface area (Å²) in [7, 11) is 0. The van der Waals surface area contributed by atoms with Crippen molar-refractivity contribution in [3.8, 4) is 5.88 Å². The van der Waals surface area contributed by atoms with Crippen LogP contribution in [0.4, 0.5) is 18.9 Å². The van der Waals surface area contributed by atoms with E-state index >= 15 is 0 Å². The van der Waals surface area contributed by atoms with Crippen LogP contribution in [-0.2, 0) is 0 Å². The van der Waals surface area contributed by atoms with Crippen molar-refractivity contribution in [1.82, 2.24) is 4.98 Å². The number of hydrogen-bond acceptors (Lipinski definition) is 3. The molecule has 1 unspecified atom stereocenters. The van der Waals surface area contributed by atoms with Crippen LogP contribution in [0.15, 0.2) is 18.3 Å². The molecule has 1 heterocycles. The molecule has 0 saturated heterocycles. The molecule has 1 rings (SSSR count). The summed E-state index contributed by atoms with van der Waals surface area (Å²) >= 11 is 0. The molecule has 0 aliphatic carbocycles. The highest BCUT2D eigenvalue weighted by atomic mass is 19.4. The number of rotatable bonds is 3. The number of alkyl halides is 3. The molecular weight excluding hydrogens is 213 g/mol. The van der Waals surface area contributed by atoms with Crippen molar-refractivity contribution in [2.45, 2.75) is 19.2 Å². The second kappa shape index (κ2) is 4.45. The third-order valence-corrected chi connectivity index (χ3v) is 1.68. The molecule has 0 radical (unpaired) electrons. The first-order valence-electron chi connectivity index (χ1n) is 4.08. The number of halogens is 3. The number of nitrogens with zero attached hydrogens (tertiary/aromatic N) is 1. The Morgan fingerprint density at radius 3 is 2.73 bits per heavy atom. The van der Waals surface area contributed by atoms with Gasteiger partial charge in [-0.05, 0) is 13.0 Å². The fraction of sp³-hybridized carbons (Fsp3) is 0.375. The number of aromatic nitrogens is 1. The van der Waals surface area contributed by atoms with Gasteiger partial charge in [0.25, 0.3) is 5.88 Å². The summed E-state index contributed by atoms with van der Waals surface area (Å²) in [5.41, 5.74) is 0.388. The van der Waals surface area contributed by atoms with Crippen LogP contribution in [0, 0.1) is 5.21 Å². The van der Waals surface area contributed by atoms with Crippen LogP contribution < -0.4 is 10.2 Å². The van der Waals surface area contributed by atoms with E-state index in [1.165, 1.54) is 18.3 Å². The van der Waals surface area contributed by atoms with E-state index < -0.39 is 12.3 Å². The van der Waals surface area contributed by atoms with E-state index in [0.29, 0.717) is 5.48 Å². The second-order valence-corrected chi connectivity index (χ2v) is 2.82. The minimum Gasteiger partial charge on any atom is -0.630 e. The largest absolute Gasteiger partial charge is 0.630 e. The summed E-state index contributed by atoms with van der Waals surface area (Å²) < 4.78 is 40.9. The lowest BCUT2D eigenvalue weighted by atomic mass is 10.4. The van der Waals surface area contributed by atoms with Gasteiger partial charge in [0.1, 0.15) is 0 Å². The first kappa shape index (κ1) is 11.7. The number of ether oxygens (including phenoxy) is 1. The Morgan fingerprint density at radius 2 is 2.20 bits per heavy atom. The summed E-state index contributed by atoms with van der Waals surface area (Å²) in [5, 5.41) is 10.5. The number of nitrogens with two attached hydrogens (primary N) is 1. The smallest absolute Gasteiger partial charge is 0.425 e. The molecule has 0 spiro atoms. The molecule has 1 atom stereocenters. The minimum atomic E-state index is -4.47. The molecule has 2 N–H and O–H groups in total. The molecule has 84 valence electrons. The van der Waals surface area contributed by atoms with E-state index in [4.69, 9.17) is 0 Å². The van der Waals surface area contributed by atoms with Crippen molar-refractivity contribution in [2.75, 3.05) is 0 Å². The van der Waals surface area contributed by atoms with E-state index in [9.17, 15) is 18.4 Å². The molecule has 4 nitrogen and oxygen atoms in total. The van der Waals surface area contributed by atoms with Crippen molar-refractivity contribution in [3.05, 3.63) is 23.5 Å². The van der Waals surface area contributed by atoms with Crippen molar-refractivity contribution in [3.63, 3.8) is 0 Å². The number of quaternary nitrogens is 1. The topological polar surface area (TPSA) is 61.8 Å². The summed E-state index contributed by atoms with van der Waals surface area (Å²) in [6, 6.07) is 2.77. The standard InChI is InChI=1S/C8H9F3N2O2/c1-5(8(9,10)11)15-7-6(13-14)3-2-4-12-7/h2-5H,13H2,1H3. The van der Waals surface area contributed by atoms with Crippen LogP contribution in [0.3, 0.4) is 0 Å². The van der Waals surface area contributed by atoms with Crippen LogP contribution >= 0.6 is 0 Å². The molecule has 0 bridgehead atoms. The number of pyridine rings is 1. The van der Waals surface area contributed by atoms with Gasteiger partial charge in [-0.25, -0.2) is 4.98 Å². The molecule has 0 fully saturated rings. The SMILES string of the molecule is CC(Oc1ncccc1[NH2+][O-])C(F)(F)F. The summed E-state index contributed by atoms with van der Waals surface area (Å²) in [5.74, 6) is -0.308. The molecule has 0 saturated carbocycles. The lowest BCUT2D eigenvalue weighted by molar-refractivity contribution is -0.498. The van der Waals surface area contributed by atoms with Gasteiger partial charge in [0.2, 0.25) is 0 Å². The third-order valence-electron chi connectivity index (χ3n) is 1.68. The normalized spacial score (nSPS) is 13.7. The van der Waals surface area contributed by atoms with Gasteiger partial charge in [-0.2, -0.15) is 13.2 Å². The van der Waals surface area contributed by atoms with Crippen LogP contribution in [-0.4, -0.2) is 17.3 Å². The van der Waals surface area contributed by atoms with E-state index in [-0.39, 0.29) is 11.6 Å². The summed E-state index contributed by atoms with van der Waals surface area (Å²) in [6.45, 7) is 0.850. The fourth-order valence-corrected chi connectivity index (χ4v) is 0.826. The van der Waals surface area contributed by atoms with Crippen molar-refractivity contribution >= 4 is 5.69 Å². The predicted octanol–water partition coefficient (Wildman–Crippen LogP) is 1.10. The molecule has 15 heavy (non-hydrogen) atoms. The fourth-order valence-electron chi connectivity index (χ4n) is 0.826. The Hall–Kier alpha value is -1.34. The Labute approximate surface area is 83.7 Å². The highest BCUT2D eigenvalue weighted by Crippen LogP contribution is 2.25. The second-order valence-electron chi connectivity index (χ2n) is 2.82. The lowest BCUT2D eigenvalue weighted by Crippen LogP contribution is -2.70. The van der Waals surface area contributed by atoms with E-state index in [0.717, 1.165) is 6.92 Å². The van der Waals surface area contributed by atoms with Crippen LogP contribution in [0.2, 0.25) is 0 Å². The minimum absolute atomic E-state index is 0.00593. The monoisotopic (exact) mass is 222 g/mol. The highest BCUT2D eigenvalue weighted by molar-refractivity contribution is 5.38. The Kier molecular flexibility index (Phi) is 3.48. The van der Waals surface area contributed by atoms with Gasteiger partial charge in [-0.15, -0.1) is 0 Å². The Morgan fingerprint density at radius 1 is 1.53 bits per heavy atom. The first-order valence-corrected chi connectivity index (χ1v) is 4.08. The molecule has 0 aliphatic heterocycles. The average Bonchev–Trinajstić information content (AvgIpc) is 2.17. The predicted molar refractivity (Wildman–Crippen MR) is 45.3 cm³/mol. The van der Waals surface area contributed by atoms with Gasteiger partial charge < -0.3 is 15.4 Å². The molecule has 1 aromatic rings. The van der Waals surface area contributed by atoms with Gasteiger partial charge in [0, 0.05) is 12.3 Å². The maximum absolute atomic E-state index is 12.1. The zero-order chi connectivity index (χ0) is 11.5. The quantitative estimate of drug-likeness (QED) is 0.779. The van der Waals surface area contributed by atoms with Crippen molar-refractivity contribution < 1.29 is 23.4 Å². The molecular formula is C8H9F3N2O2. The zero-order valence-corrected chi connectivity index (χ0v) is 7.78. The molecule has 0 amide bonds. The lowest BCUT2D eigenvalue weighted by Gasteiger charge is -2.17. The molecule has 7 heteroatoms. The van der Waals surface area contributed by atoms with Gasteiger partial charge in [-0.3, -0.25) is 0 Å². The summed E-state index contributed by atoms with van der Waals surface area (Å²) in [6.07, 6.45) is -5.21. The van der Waals surface area contributed by atoms with E-state index in [1.54, 1.807) is 0 Å².